The van der Waals surface area contributed by atoms with Gasteiger partial charge in [-0.3, -0.25) is 23.9 Å². The number of hydrogen-bond acceptors (Lipinski definition) is 7. The van der Waals surface area contributed by atoms with E-state index in [2.05, 4.69) is 24.8 Å². The SMILES string of the molecule is CCCCn1c(N2CCC(C)CC2)c(C=C2SC(=S)N(CCCC(=O)O)C2=O)c(C)c(C#N)c1=O. The highest BCUT2D eigenvalue weighted by atomic mass is 32.2. The fourth-order valence-corrected chi connectivity index (χ4v) is 5.73. The summed E-state index contributed by atoms with van der Waals surface area (Å²) in [6, 6.07) is 2.09. The van der Waals surface area contributed by atoms with Gasteiger partial charge in [0.25, 0.3) is 11.5 Å². The van der Waals surface area contributed by atoms with Gasteiger partial charge in [0.05, 0.1) is 4.91 Å². The van der Waals surface area contributed by atoms with Crippen molar-refractivity contribution >= 4 is 52.1 Å². The molecular formula is C25H32N4O4S2. The second kappa shape index (κ2) is 11.9. The highest BCUT2D eigenvalue weighted by molar-refractivity contribution is 8.26. The zero-order chi connectivity index (χ0) is 25.7. The van der Waals surface area contributed by atoms with E-state index in [1.165, 1.54) is 16.7 Å². The Morgan fingerprint density at radius 2 is 1.94 bits per heavy atom. The third kappa shape index (κ3) is 5.96. The molecule has 0 spiro atoms. The fraction of sp³-hybridized carbons (Fsp3) is 0.560. The zero-order valence-electron chi connectivity index (χ0n) is 20.5. The van der Waals surface area contributed by atoms with Crippen LogP contribution in [0.3, 0.4) is 0 Å². The fourth-order valence-electron chi connectivity index (χ4n) is 4.44. The van der Waals surface area contributed by atoms with Gasteiger partial charge < -0.3 is 10.0 Å². The Kier molecular flexibility index (Phi) is 9.14. The van der Waals surface area contributed by atoms with E-state index in [-0.39, 0.29) is 30.0 Å². The van der Waals surface area contributed by atoms with E-state index in [1.54, 1.807) is 17.6 Å². The molecule has 2 aliphatic rings. The van der Waals surface area contributed by atoms with Gasteiger partial charge in [-0.15, -0.1) is 0 Å². The summed E-state index contributed by atoms with van der Waals surface area (Å²) in [5.41, 5.74) is 1.08. The van der Waals surface area contributed by atoms with Crippen molar-refractivity contribution in [2.24, 2.45) is 5.92 Å². The summed E-state index contributed by atoms with van der Waals surface area (Å²) in [6.07, 6.45) is 5.76. The van der Waals surface area contributed by atoms with Crippen molar-refractivity contribution < 1.29 is 14.7 Å². The van der Waals surface area contributed by atoms with E-state index in [0.717, 1.165) is 44.6 Å². The number of carbonyl (C=O) groups is 2. The van der Waals surface area contributed by atoms with Crippen molar-refractivity contribution in [1.29, 1.82) is 5.26 Å². The molecule has 8 nitrogen and oxygen atoms in total. The molecule has 1 aromatic rings. The number of pyridine rings is 1. The number of carbonyl (C=O) groups excluding carboxylic acids is 1. The highest BCUT2D eigenvalue weighted by Crippen LogP contribution is 2.37. The van der Waals surface area contributed by atoms with E-state index < -0.39 is 5.97 Å². The molecule has 2 aliphatic heterocycles. The molecule has 0 aliphatic carbocycles. The molecular weight excluding hydrogens is 484 g/mol. The third-order valence-electron chi connectivity index (χ3n) is 6.59. The van der Waals surface area contributed by atoms with E-state index >= 15 is 0 Å². The van der Waals surface area contributed by atoms with Crippen molar-refractivity contribution in [2.45, 2.75) is 65.8 Å². The van der Waals surface area contributed by atoms with Crippen LogP contribution in [0, 0.1) is 24.2 Å². The molecule has 188 valence electrons. The predicted molar refractivity (Wildman–Crippen MR) is 142 cm³/mol. The zero-order valence-corrected chi connectivity index (χ0v) is 22.1. The van der Waals surface area contributed by atoms with Gasteiger partial charge in [0, 0.05) is 38.2 Å². The average molecular weight is 517 g/mol. The first-order valence-corrected chi connectivity index (χ1v) is 13.3. The number of piperidine rings is 1. The monoisotopic (exact) mass is 516 g/mol. The third-order valence-corrected chi connectivity index (χ3v) is 7.96. The number of thioether (sulfide) groups is 1. The molecule has 2 fully saturated rings. The molecule has 1 amide bonds. The van der Waals surface area contributed by atoms with Crippen LogP contribution in [-0.2, 0) is 16.1 Å². The number of carboxylic acids is 1. The van der Waals surface area contributed by atoms with Crippen molar-refractivity contribution in [3.63, 3.8) is 0 Å². The van der Waals surface area contributed by atoms with E-state index in [1.807, 2.05) is 0 Å². The predicted octanol–water partition coefficient (Wildman–Crippen LogP) is 4.13. The standard InChI is InChI=1S/C25H32N4O4S2/c1-4-5-10-28-22(27-12-8-16(2)9-13-27)18(17(3)19(15-26)23(28)32)14-20-24(33)29(25(34)35-20)11-6-7-21(30)31/h14,16H,4-13H2,1-3H3,(H,30,31). The second-order valence-corrected chi connectivity index (χ2v) is 10.8. The summed E-state index contributed by atoms with van der Waals surface area (Å²) in [6.45, 7) is 8.39. The molecule has 0 bridgehead atoms. The van der Waals surface area contributed by atoms with E-state index in [0.29, 0.717) is 39.2 Å². The minimum absolute atomic E-state index is 0.0410. The number of nitriles is 1. The molecule has 0 atom stereocenters. The maximum atomic E-state index is 13.3. The highest BCUT2D eigenvalue weighted by Gasteiger charge is 2.33. The summed E-state index contributed by atoms with van der Waals surface area (Å²) in [7, 11) is 0. The van der Waals surface area contributed by atoms with E-state index in [4.69, 9.17) is 17.3 Å². The lowest BCUT2D eigenvalue weighted by Gasteiger charge is -2.35. The molecule has 1 aromatic heterocycles. The number of rotatable bonds is 9. The summed E-state index contributed by atoms with van der Waals surface area (Å²) in [4.78, 5) is 41.4. The van der Waals surface area contributed by atoms with Crippen LogP contribution >= 0.6 is 24.0 Å². The summed E-state index contributed by atoms with van der Waals surface area (Å²) in [5.74, 6) is 0.184. The minimum Gasteiger partial charge on any atom is -0.481 e. The lowest BCUT2D eigenvalue weighted by Crippen LogP contribution is -2.39. The number of nitrogens with zero attached hydrogens (tertiary/aromatic N) is 4. The summed E-state index contributed by atoms with van der Waals surface area (Å²) >= 11 is 6.58. The number of anilines is 1. The first kappa shape index (κ1) is 27.0. The normalized spacial score (nSPS) is 17.9. The van der Waals surface area contributed by atoms with Crippen LogP contribution in [0.5, 0.6) is 0 Å². The smallest absolute Gasteiger partial charge is 0.303 e. The van der Waals surface area contributed by atoms with Crippen LogP contribution in [0.4, 0.5) is 5.82 Å². The van der Waals surface area contributed by atoms with Crippen LogP contribution in [-0.4, -0.2) is 50.4 Å². The topological polar surface area (TPSA) is 107 Å². The molecule has 10 heteroatoms. The van der Waals surface area contributed by atoms with Gasteiger partial charge >= 0.3 is 5.97 Å². The van der Waals surface area contributed by atoms with Gasteiger partial charge in [-0.05, 0) is 50.2 Å². The van der Waals surface area contributed by atoms with Crippen molar-refractivity contribution in [3.8, 4) is 6.07 Å². The Morgan fingerprint density at radius 3 is 2.54 bits per heavy atom. The lowest BCUT2D eigenvalue weighted by molar-refractivity contribution is -0.137. The summed E-state index contributed by atoms with van der Waals surface area (Å²) in [5, 5.41) is 18.7. The molecule has 3 rings (SSSR count). The molecule has 0 radical (unpaired) electrons. The van der Waals surface area contributed by atoms with Crippen LogP contribution < -0.4 is 10.5 Å². The van der Waals surface area contributed by atoms with Crippen LogP contribution in [0.25, 0.3) is 6.08 Å². The average Bonchev–Trinajstić information content (AvgIpc) is 3.08. The Bertz CT molecular complexity index is 1140. The van der Waals surface area contributed by atoms with Gasteiger partial charge in [0.1, 0.15) is 21.8 Å². The van der Waals surface area contributed by atoms with Crippen molar-refractivity contribution in [2.75, 3.05) is 24.5 Å². The summed E-state index contributed by atoms with van der Waals surface area (Å²) < 4.78 is 2.10. The van der Waals surface area contributed by atoms with Crippen LogP contribution in [0.15, 0.2) is 9.70 Å². The Balaban J connectivity index is 2.11. The van der Waals surface area contributed by atoms with Gasteiger partial charge in [0.15, 0.2) is 0 Å². The quantitative estimate of drug-likeness (QED) is 0.386. The first-order valence-electron chi connectivity index (χ1n) is 12.1. The minimum atomic E-state index is -0.916. The molecule has 0 saturated carbocycles. The van der Waals surface area contributed by atoms with Crippen molar-refractivity contribution in [1.82, 2.24) is 9.47 Å². The number of amides is 1. The molecule has 1 N–H and O–H groups in total. The van der Waals surface area contributed by atoms with Crippen molar-refractivity contribution in [3.05, 3.63) is 31.9 Å². The number of aromatic nitrogens is 1. The molecule has 0 aromatic carbocycles. The number of carboxylic acid groups (broad SMARTS) is 1. The van der Waals surface area contributed by atoms with Gasteiger partial charge in [-0.25, -0.2) is 0 Å². The van der Waals surface area contributed by atoms with Crippen LogP contribution in [0.2, 0.25) is 0 Å². The van der Waals surface area contributed by atoms with Gasteiger partial charge in [-0.2, -0.15) is 5.26 Å². The largest absolute Gasteiger partial charge is 0.481 e. The first-order chi connectivity index (χ1) is 16.7. The number of unbranched alkanes of at least 4 members (excludes halogenated alkanes) is 1. The van der Waals surface area contributed by atoms with Gasteiger partial charge in [-0.1, -0.05) is 44.2 Å². The molecule has 35 heavy (non-hydrogen) atoms. The maximum Gasteiger partial charge on any atom is 0.303 e. The molecule has 2 saturated heterocycles. The second-order valence-electron chi connectivity index (χ2n) is 9.16. The number of hydrogen-bond donors (Lipinski definition) is 1. The molecule has 3 heterocycles. The Labute approximate surface area is 215 Å². The van der Waals surface area contributed by atoms with Crippen LogP contribution in [0.1, 0.15) is 69.1 Å². The lowest BCUT2D eigenvalue weighted by atomic mass is 9.97. The number of thiocarbonyl (C=S) groups is 1. The Hall–Kier alpha value is -2.64. The molecule has 0 unspecified atom stereocenters. The number of aliphatic carboxylic acids is 1. The van der Waals surface area contributed by atoms with E-state index in [9.17, 15) is 19.6 Å². The Morgan fingerprint density at radius 1 is 1.26 bits per heavy atom. The van der Waals surface area contributed by atoms with Gasteiger partial charge in [0.2, 0.25) is 0 Å². The maximum absolute atomic E-state index is 13.3.